The molecule has 0 unspecified atom stereocenters. The lowest BCUT2D eigenvalue weighted by molar-refractivity contribution is 1.34. The lowest BCUT2D eigenvalue weighted by atomic mass is 9.94. The Morgan fingerprint density at radius 3 is 2.47 bits per heavy atom. The van der Waals surface area contributed by atoms with Gasteiger partial charge in [0.25, 0.3) is 0 Å². The van der Waals surface area contributed by atoms with E-state index >= 15 is 0 Å². The molecule has 17 heavy (non-hydrogen) atoms. The fraction of sp³-hybridized carbons (Fsp3) is 0.0625. The molecule has 0 aliphatic carbocycles. The Hall–Kier alpha value is -2.15. The van der Waals surface area contributed by atoms with Crippen molar-refractivity contribution in [2.24, 2.45) is 4.99 Å². The molecule has 0 spiro atoms. The molecule has 0 bridgehead atoms. The Morgan fingerprint density at radius 2 is 1.59 bits per heavy atom. The average molecular weight is 219 g/mol. The zero-order chi connectivity index (χ0) is 11.5. The Labute approximate surface area is 101 Å². The van der Waals surface area contributed by atoms with E-state index < -0.39 is 0 Å². The van der Waals surface area contributed by atoms with Gasteiger partial charge in [0.2, 0.25) is 0 Å². The second-order valence-corrected chi connectivity index (χ2v) is 4.10. The van der Waals surface area contributed by atoms with E-state index in [2.05, 4.69) is 53.5 Å². The molecule has 0 saturated carbocycles. The topological polar surface area (TPSA) is 12.4 Å². The van der Waals surface area contributed by atoms with Gasteiger partial charge in [-0.2, -0.15) is 0 Å². The molecule has 2 aromatic rings. The van der Waals surface area contributed by atoms with Crippen LogP contribution in [0.1, 0.15) is 16.7 Å². The molecule has 0 saturated heterocycles. The molecule has 3 rings (SSSR count). The van der Waals surface area contributed by atoms with Crippen molar-refractivity contribution < 1.29 is 0 Å². The zero-order valence-corrected chi connectivity index (χ0v) is 9.51. The van der Waals surface area contributed by atoms with Crippen LogP contribution in [-0.2, 0) is 6.42 Å². The highest BCUT2D eigenvalue weighted by atomic mass is 14.7. The molecule has 1 aliphatic rings. The number of nitrogens with zero attached hydrogens (tertiary/aromatic N) is 1. The second-order valence-electron chi connectivity index (χ2n) is 4.10. The molecule has 2 aromatic carbocycles. The molecule has 0 radical (unpaired) electrons. The Balaban J connectivity index is 2.18. The van der Waals surface area contributed by atoms with Gasteiger partial charge in [-0.05, 0) is 16.7 Å². The molecule has 1 heteroatoms. The molecular weight excluding hydrogens is 206 g/mol. The van der Waals surface area contributed by atoms with Crippen LogP contribution in [0.15, 0.2) is 65.8 Å². The van der Waals surface area contributed by atoms with E-state index in [1.54, 1.807) is 0 Å². The van der Waals surface area contributed by atoms with Gasteiger partial charge in [0.1, 0.15) is 0 Å². The Kier molecular flexibility index (Phi) is 2.59. The lowest BCUT2D eigenvalue weighted by Crippen LogP contribution is -1.93. The lowest BCUT2D eigenvalue weighted by Gasteiger charge is -2.10. The minimum atomic E-state index is 0.906. The van der Waals surface area contributed by atoms with Gasteiger partial charge in [-0.3, -0.25) is 4.99 Å². The number of hydrogen-bond donors (Lipinski definition) is 0. The fourth-order valence-corrected chi connectivity index (χ4v) is 2.16. The SMILES string of the molecule is C1=NC=C(c2ccccc2)c2ccccc2C1. The van der Waals surface area contributed by atoms with Crippen molar-refractivity contribution in [1.82, 2.24) is 0 Å². The summed E-state index contributed by atoms with van der Waals surface area (Å²) in [7, 11) is 0. The summed E-state index contributed by atoms with van der Waals surface area (Å²) in [5.41, 5.74) is 5.05. The maximum Gasteiger partial charge on any atom is 0.0348 e. The summed E-state index contributed by atoms with van der Waals surface area (Å²) in [6.07, 6.45) is 4.83. The third kappa shape index (κ3) is 1.92. The Morgan fingerprint density at radius 1 is 0.824 bits per heavy atom. The van der Waals surface area contributed by atoms with Crippen molar-refractivity contribution >= 4 is 11.8 Å². The van der Waals surface area contributed by atoms with Crippen LogP contribution in [0.3, 0.4) is 0 Å². The predicted molar refractivity (Wildman–Crippen MR) is 72.2 cm³/mol. The van der Waals surface area contributed by atoms with Crippen molar-refractivity contribution in [2.45, 2.75) is 6.42 Å². The van der Waals surface area contributed by atoms with E-state index in [1.807, 2.05) is 18.5 Å². The highest BCUT2D eigenvalue weighted by Crippen LogP contribution is 2.27. The summed E-state index contributed by atoms with van der Waals surface area (Å²) in [6.45, 7) is 0. The average Bonchev–Trinajstić information content (AvgIpc) is 2.62. The summed E-state index contributed by atoms with van der Waals surface area (Å²) < 4.78 is 0. The number of rotatable bonds is 1. The van der Waals surface area contributed by atoms with Gasteiger partial charge in [0.05, 0.1) is 0 Å². The third-order valence-electron chi connectivity index (χ3n) is 3.01. The molecule has 1 nitrogen and oxygen atoms in total. The second kappa shape index (κ2) is 4.38. The van der Waals surface area contributed by atoms with Crippen LogP contribution in [-0.4, -0.2) is 6.21 Å². The van der Waals surface area contributed by atoms with Crippen LogP contribution < -0.4 is 0 Å². The maximum absolute atomic E-state index is 4.36. The van der Waals surface area contributed by atoms with E-state index in [1.165, 1.54) is 22.3 Å². The molecule has 0 fully saturated rings. The summed E-state index contributed by atoms with van der Waals surface area (Å²) in [5, 5.41) is 0. The van der Waals surface area contributed by atoms with Crippen molar-refractivity contribution in [2.75, 3.05) is 0 Å². The fourth-order valence-electron chi connectivity index (χ4n) is 2.16. The van der Waals surface area contributed by atoms with E-state index in [0.29, 0.717) is 0 Å². The van der Waals surface area contributed by atoms with E-state index in [9.17, 15) is 0 Å². The predicted octanol–water partition coefficient (Wildman–Crippen LogP) is 3.70. The van der Waals surface area contributed by atoms with Gasteiger partial charge >= 0.3 is 0 Å². The summed E-state index contributed by atoms with van der Waals surface area (Å²) in [5.74, 6) is 0. The van der Waals surface area contributed by atoms with Gasteiger partial charge in [-0.1, -0.05) is 54.6 Å². The molecule has 0 N–H and O–H groups in total. The quantitative estimate of drug-likeness (QED) is 0.693. The number of aliphatic imine (C=N–C) groups is 1. The third-order valence-corrected chi connectivity index (χ3v) is 3.01. The van der Waals surface area contributed by atoms with Crippen molar-refractivity contribution in [3.8, 4) is 0 Å². The van der Waals surface area contributed by atoms with E-state index in [0.717, 1.165) is 6.42 Å². The van der Waals surface area contributed by atoms with Crippen molar-refractivity contribution in [1.29, 1.82) is 0 Å². The van der Waals surface area contributed by atoms with Gasteiger partial charge < -0.3 is 0 Å². The number of benzene rings is 2. The van der Waals surface area contributed by atoms with Crippen LogP contribution >= 0.6 is 0 Å². The summed E-state index contributed by atoms with van der Waals surface area (Å²) >= 11 is 0. The number of fused-ring (bicyclic) bond motifs is 1. The van der Waals surface area contributed by atoms with E-state index in [-0.39, 0.29) is 0 Å². The highest BCUT2D eigenvalue weighted by Gasteiger charge is 2.10. The molecular formula is C16H13N. The molecule has 0 amide bonds. The molecule has 82 valence electrons. The zero-order valence-electron chi connectivity index (χ0n) is 9.51. The highest BCUT2D eigenvalue weighted by molar-refractivity contribution is 5.85. The minimum Gasteiger partial charge on any atom is -0.268 e. The van der Waals surface area contributed by atoms with Gasteiger partial charge in [0.15, 0.2) is 0 Å². The molecule has 1 aliphatic heterocycles. The first-order valence-corrected chi connectivity index (χ1v) is 5.80. The van der Waals surface area contributed by atoms with Crippen molar-refractivity contribution in [3.63, 3.8) is 0 Å². The molecule has 1 heterocycles. The van der Waals surface area contributed by atoms with Crippen LogP contribution in [0.2, 0.25) is 0 Å². The molecule has 0 atom stereocenters. The monoisotopic (exact) mass is 219 g/mol. The van der Waals surface area contributed by atoms with Gasteiger partial charge in [-0.25, -0.2) is 0 Å². The van der Waals surface area contributed by atoms with Crippen LogP contribution in [0.25, 0.3) is 5.57 Å². The first kappa shape index (κ1) is 10.0. The van der Waals surface area contributed by atoms with Gasteiger partial charge in [-0.15, -0.1) is 0 Å². The maximum atomic E-state index is 4.36. The van der Waals surface area contributed by atoms with Gasteiger partial charge in [0, 0.05) is 24.4 Å². The van der Waals surface area contributed by atoms with Crippen LogP contribution in [0, 0.1) is 0 Å². The van der Waals surface area contributed by atoms with E-state index in [4.69, 9.17) is 0 Å². The van der Waals surface area contributed by atoms with Crippen LogP contribution in [0.4, 0.5) is 0 Å². The standard InChI is InChI=1S/C16H13N/c1-2-6-13(7-3-1)16-12-17-11-10-14-8-4-5-9-15(14)16/h1-9,11-12H,10H2. The minimum absolute atomic E-state index is 0.906. The Bertz CT molecular complexity index is 579. The summed E-state index contributed by atoms with van der Waals surface area (Å²) in [6, 6.07) is 18.9. The largest absolute Gasteiger partial charge is 0.268 e. The normalized spacial score (nSPS) is 13.8. The molecule has 0 aromatic heterocycles. The first-order chi connectivity index (χ1) is 8.45. The first-order valence-electron chi connectivity index (χ1n) is 5.80. The summed E-state index contributed by atoms with van der Waals surface area (Å²) in [4.78, 5) is 4.36. The van der Waals surface area contributed by atoms with Crippen LogP contribution in [0.5, 0.6) is 0 Å². The number of hydrogen-bond acceptors (Lipinski definition) is 1. The smallest absolute Gasteiger partial charge is 0.0348 e. The van der Waals surface area contributed by atoms with Crippen molar-refractivity contribution in [3.05, 3.63) is 77.5 Å².